The molecule has 0 bridgehead atoms. The quantitative estimate of drug-likeness (QED) is 0.860. The Morgan fingerprint density at radius 2 is 2.21 bits per heavy atom. The van der Waals surface area contributed by atoms with Crippen molar-refractivity contribution in [2.24, 2.45) is 0 Å². The Hall–Kier alpha value is -2.37. The van der Waals surface area contributed by atoms with Crippen molar-refractivity contribution >= 4 is 5.82 Å². The fourth-order valence-electron chi connectivity index (χ4n) is 1.50. The first-order chi connectivity index (χ1) is 9.35. The molecule has 100 valence electrons. The van der Waals surface area contributed by atoms with E-state index in [1.54, 1.807) is 31.6 Å². The van der Waals surface area contributed by atoms with Crippen LogP contribution in [0, 0.1) is 0 Å². The van der Waals surface area contributed by atoms with Crippen LogP contribution in [0.5, 0.6) is 17.4 Å². The second-order valence-electron chi connectivity index (χ2n) is 3.78. The van der Waals surface area contributed by atoms with Gasteiger partial charge in [-0.05, 0) is 18.6 Å². The van der Waals surface area contributed by atoms with E-state index in [1.165, 1.54) is 6.33 Å². The molecule has 0 saturated heterocycles. The molecule has 1 N–H and O–H groups in total. The monoisotopic (exact) mass is 260 g/mol. The molecule has 0 saturated carbocycles. The molecule has 6 nitrogen and oxygen atoms in total. The van der Waals surface area contributed by atoms with Gasteiger partial charge >= 0.3 is 0 Å². The van der Waals surface area contributed by atoms with Crippen molar-refractivity contribution in [2.75, 3.05) is 19.0 Å². The van der Waals surface area contributed by atoms with E-state index in [0.717, 1.165) is 13.0 Å². The van der Waals surface area contributed by atoms with E-state index in [1.807, 2.05) is 0 Å². The lowest BCUT2D eigenvalue weighted by molar-refractivity contribution is 0.368. The first-order valence-electron chi connectivity index (χ1n) is 6.06. The second kappa shape index (κ2) is 6.53. The normalized spacial score (nSPS) is 10.0. The zero-order chi connectivity index (χ0) is 13.5. The third-order valence-electron chi connectivity index (χ3n) is 2.37. The first kappa shape index (κ1) is 13.1. The molecule has 0 spiro atoms. The van der Waals surface area contributed by atoms with Crippen LogP contribution < -0.4 is 14.8 Å². The largest absolute Gasteiger partial charge is 0.489 e. The van der Waals surface area contributed by atoms with Gasteiger partial charge in [-0.25, -0.2) is 4.98 Å². The van der Waals surface area contributed by atoms with E-state index in [2.05, 4.69) is 27.2 Å². The van der Waals surface area contributed by atoms with Gasteiger partial charge in [-0.2, -0.15) is 4.98 Å². The summed E-state index contributed by atoms with van der Waals surface area (Å²) >= 11 is 0. The Morgan fingerprint density at radius 1 is 1.32 bits per heavy atom. The zero-order valence-corrected chi connectivity index (χ0v) is 11.0. The number of ether oxygens (including phenoxy) is 2. The second-order valence-corrected chi connectivity index (χ2v) is 3.78. The maximum absolute atomic E-state index is 5.64. The Labute approximate surface area is 111 Å². The highest BCUT2D eigenvalue weighted by Gasteiger charge is 2.13. The number of nitrogens with one attached hydrogen (secondary N) is 1. The number of pyridine rings is 1. The lowest BCUT2D eigenvalue weighted by atomic mass is 10.4. The van der Waals surface area contributed by atoms with Gasteiger partial charge in [0.05, 0.1) is 13.3 Å². The van der Waals surface area contributed by atoms with Crippen LogP contribution in [-0.2, 0) is 0 Å². The summed E-state index contributed by atoms with van der Waals surface area (Å²) in [5.74, 6) is 2.07. The van der Waals surface area contributed by atoms with Crippen molar-refractivity contribution in [2.45, 2.75) is 13.3 Å². The SMILES string of the molecule is CCCNc1ncnc(Oc2cccnc2)c1OC. The number of nitrogens with zero attached hydrogens (tertiary/aromatic N) is 3. The lowest BCUT2D eigenvalue weighted by Gasteiger charge is -2.12. The topological polar surface area (TPSA) is 69.2 Å². The minimum atomic E-state index is 0.365. The van der Waals surface area contributed by atoms with E-state index in [4.69, 9.17) is 9.47 Å². The smallest absolute Gasteiger partial charge is 0.268 e. The summed E-state index contributed by atoms with van der Waals surface area (Å²) in [5.41, 5.74) is 0. The van der Waals surface area contributed by atoms with Crippen molar-refractivity contribution in [3.8, 4) is 17.4 Å². The summed E-state index contributed by atoms with van der Waals surface area (Å²) in [6, 6.07) is 3.59. The summed E-state index contributed by atoms with van der Waals surface area (Å²) in [6.45, 7) is 2.88. The predicted octanol–water partition coefficient (Wildman–Crippen LogP) is 2.49. The molecule has 0 aliphatic carbocycles. The number of rotatable bonds is 6. The molecule has 0 fully saturated rings. The fourth-order valence-corrected chi connectivity index (χ4v) is 1.50. The van der Waals surface area contributed by atoms with Crippen LogP contribution in [0.1, 0.15) is 13.3 Å². The van der Waals surface area contributed by atoms with Crippen LogP contribution in [-0.4, -0.2) is 28.6 Å². The Balaban J connectivity index is 2.24. The van der Waals surface area contributed by atoms with Gasteiger partial charge in [0.25, 0.3) is 5.88 Å². The molecule has 0 amide bonds. The number of hydrogen-bond acceptors (Lipinski definition) is 6. The van der Waals surface area contributed by atoms with Crippen molar-refractivity contribution in [3.05, 3.63) is 30.9 Å². The van der Waals surface area contributed by atoms with Gasteiger partial charge in [0.2, 0.25) is 5.75 Å². The maximum Gasteiger partial charge on any atom is 0.268 e. The van der Waals surface area contributed by atoms with Crippen LogP contribution in [0.3, 0.4) is 0 Å². The average Bonchev–Trinajstić information content (AvgIpc) is 2.46. The molecule has 0 aliphatic rings. The van der Waals surface area contributed by atoms with Gasteiger partial charge < -0.3 is 14.8 Å². The van der Waals surface area contributed by atoms with Crippen LogP contribution in [0.2, 0.25) is 0 Å². The van der Waals surface area contributed by atoms with Crippen LogP contribution >= 0.6 is 0 Å². The van der Waals surface area contributed by atoms with E-state index in [9.17, 15) is 0 Å². The molecule has 0 aliphatic heterocycles. The molecule has 6 heteroatoms. The van der Waals surface area contributed by atoms with Crippen LogP contribution in [0.25, 0.3) is 0 Å². The van der Waals surface area contributed by atoms with Crippen molar-refractivity contribution in [3.63, 3.8) is 0 Å². The molecule has 2 aromatic heterocycles. The third kappa shape index (κ3) is 3.31. The number of methoxy groups -OCH3 is 1. The maximum atomic E-state index is 5.64. The van der Waals surface area contributed by atoms with E-state index in [0.29, 0.717) is 23.2 Å². The number of hydrogen-bond donors (Lipinski definition) is 1. The highest BCUT2D eigenvalue weighted by Crippen LogP contribution is 2.33. The van der Waals surface area contributed by atoms with Gasteiger partial charge in [-0.1, -0.05) is 6.92 Å². The number of anilines is 1. The molecule has 2 heterocycles. The average molecular weight is 260 g/mol. The number of aromatic nitrogens is 3. The van der Waals surface area contributed by atoms with E-state index < -0.39 is 0 Å². The zero-order valence-electron chi connectivity index (χ0n) is 11.0. The van der Waals surface area contributed by atoms with Crippen LogP contribution in [0.4, 0.5) is 5.82 Å². The van der Waals surface area contributed by atoms with Crippen molar-refractivity contribution < 1.29 is 9.47 Å². The molecule has 2 rings (SSSR count). The van der Waals surface area contributed by atoms with Crippen molar-refractivity contribution in [1.82, 2.24) is 15.0 Å². The first-order valence-corrected chi connectivity index (χ1v) is 6.06. The van der Waals surface area contributed by atoms with E-state index in [-0.39, 0.29) is 0 Å². The van der Waals surface area contributed by atoms with Gasteiger partial charge in [0.1, 0.15) is 12.1 Å². The standard InChI is InChI=1S/C13H16N4O2/c1-3-6-15-12-11(18-2)13(17-9-16-12)19-10-5-4-7-14-8-10/h4-5,7-9H,3,6H2,1-2H3,(H,15,16,17). The minimum absolute atomic E-state index is 0.365. The summed E-state index contributed by atoms with van der Waals surface area (Å²) in [6.07, 6.45) is 5.72. The van der Waals surface area contributed by atoms with Gasteiger partial charge in [0, 0.05) is 12.7 Å². The molecule has 19 heavy (non-hydrogen) atoms. The third-order valence-corrected chi connectivity index (χ3v) is 2.37. The van der Waals surface area contributed by atoms with Crippen molar-refractivity contribution in [1.29, 1.82) is 0 Å². The molecule has 0 aromatic carbocycles. The molecular formula is C13H16N4O2. The Kier molecular flexibility index (Phi) is 4.49. The Morgan fingerprint density at radius 3 is 2.89 bits per heavy atom. The molecule has 0 atom stereocenters. The van der Waals surface area contributed by atoms with Crippen LogP contribution in [0.15, 0.2) is 30.9 Å². The van der Waals surface area contributed by atoms with E-state index >= 15 is 0 Å². The molecule has 0 unspecified atom stereocenters. The molecule has 0 radical (unpaired) electrons. The fraction of sp³-hybridized carbons (Fsp3) is 0.308. The predicted molar refractivity (Wildman–Crippen MR) is 71.7 cm³/mol. The van der Waals surface area contributed by atoms with Gasteiger partial charge in [-0.15, -0.1) is 0 Å². The minimum Gasteiger partial charge on any atom is -0.489 e. The highest BCUT2D eigenvalue weighted by molar-refractivity contribution is 5.55. The molecule has 2 aromatic rings. The van der Waals surface area contributed by atoms with Gasteiger partial charge in [-0.3, -0.25) is 4.98 Å². The summed E-state index contributed by atoms with van der Waals surface area (Å²) in [5, 5.41) is 3.17. The lowest BCUT2D eigenvalue weighted by Crippen LogP contribution is -2.05. The van der Waals surface area contributed by atoms with Gasteiger partial charge in [0.15, 0.2) is 5.82 Å². The summed E-state index contributed by atoms with van der Waals surface area (Å²) in [7, 11) is 1.56. The Bertz CT molecular complexity index is 519. The molecular weight excluding hydrogens is 244 g/mol. The summed E-state index contributed by atoms with van der Waals surface area (Å²) in [4.78, 5) is 12.2. The highest BCUT2D eigenvalue weighted by atomic mass is 16.5. The summed E-state index contributed by atoms with van der Waals surface area (Å²) < 4.78 is 11.0.